The lowest BCUT2D eigenvalue weighted by Crippen LogP contribution is -2.12. The van der Waals surface area contributed by atoms with E-state index in [0.717, 1.165) is 0 Å². The lowest BCUT2D eigenvalue weighted by molar-refractivity contribution is 0.457. The highest BCUT2D eigenvalue weighted by molar-refractivity contribution is 5.40. The molecule has 4 heteroatoms. The number of nitrogens with one attached hydrogen (secondary N) is 1. The smallest absolute Gasteiger partial charge is 0.222 e. The number of anilines is 2. The molecule has 1 fully saturated rings. The first-order valence-corrected chi connectivity index (χ1v) is 5.20. The van der Waals surface area contributed by atoms with Crippen LogP contribution < -0.4 is 11.1 Å². The molecule has 82 valence electrons. The highest BCUT2D eigenvalue weighted by Crippen LogP contribution is 2.63. The van der Waals surface area contributed by atoms with Crippen molar-refractivity contribution in [2.75, 3.05) is 11.1 Å². The first-order chi connectivity index (χ1) is 6.85. The van der Waals surface area contributed by atoms with Crippen molar-refractivity contribution in [1.29, 1.82) is 0 Å². The number of nitrogen functional groups attached to an aromatic ring is 1. The summed E-state index contributed by atoms with van der Waals surface area (Å²) in [6.07, 6.45) is 3.25. The first kappa shape index (κ1) is 10.2. The summed E-state index contributed by atoms with van der Waals surface area (Å²) in [5.74, 6) is 0.660. The molecule has 0 amide bonds. The second kappa shape index (κ2) is 2.84. The summed E-state index contributed by atoms with van der Waals surface area (Å²) in [4.78, 5) is 8.28. The van der Waals surface area contributed by atoms with Crippen molar-refractivity contribution >= 4 is 11.6 Å². The van der Waals surface area contributed by atoms with Gasteiger partial charge in [-0.05, 0) is 10.8 Å². The van der Waals surface area contributed by atoms with Crippen LogP contribution in [0.4, 0.5) is 11.6 Å². The van der Waals surface area contributed by atoms with Crippen LogP contribution in [0.5, 0.6) is 0 Å². The van der Waals surface area contributed by atoms with Gasteiger partial charge in [-0.2, -0.15) is 0 Å². The van der Waals surface area contributed by atoms with E-state index >= 15 is 0 Å². The van der Waals surface area contributed by atoms with Crippen LogP contribution in [0.15, 0.2) is 12.4 Å². The predicted molar refractivity (Wildman–Crippen MR) is 61.4 cm³/mol. The molecule has 0 saturated heterocycles. The van der Waals surface area contributed by atoms with Crippen LogP contribution in [-0.4, -0.2) is 16.0 Å². The Bertz CT molecular complexity index is 353. The average molecular weight is 206 g/mol. The molecule has 15 heavy (non-hydrogen) atoms. The van der Waals surface area contributed by atoms with Crippen molar-refractivity contribution in [2.24, 2.45) is 10.8 Å². The quantitative estimate of drug-likeness (QED) is 0.775. The van der Waals surface area contributed by atoms with Crippen LogP contribution in [0.3, 0.4) is 0 Å². The summed E-state index contributed by atoms with van der Waals surface area (Å²) in [5, 5.41) is 3.35. The van der Waals surface area contributed by atoms with Gasteiger partial charge in [0, 0.05) is 6.04 Å². The molecule has 0 spiro atoms. The Balaban J connectivity index is 2.09. The van der Waals surface area contributed by atoms with Crippen molar-refractivity contribution in [1.82, 2.24) is 9.97 Å². The third-order valence-electron chi connectivity index (χ3n) is 3.97. The van der Waals surface area contributed by atoms with Crippen LogP contribution in [0.2, 0.25) is 0 Å². The largest absolute Gasteiger partial charge is 0.396 e. The maximum absolute atomic E-state index is 5.53. The third kappa shape index (κ3) is 1.44. The highest BCUT2D eigenvalue weighted by atomic mass is 15.2. The van der Waals surface area contributed by atoms with E-state index in [9.17, 15) is 0 Å². The minimum Gasteiger partial charge on any atom is -0.396 e. The van der Waals surface area contributed by atoms with E-state index in [1.807, 2.05) is 0 Å². The van der Waals surface area contributed by atoms with E-state index < -0.39 is 0 Å². The van der Waals surface area contributed by atoms with E-state index in [4.69, 9.17) is 5.73 Å². The molecule has 4 nitrogen and oxygen atoms in total. The molecule has 0 aromatic carbocycles. The van der Waals surface area contributed by atoms with Crippen LogP contribution in [0.1, 0.15) is 27.7 Å². The van der Waals surface area contributed by atoms with Crippen LogP contribution in [0.25, 0.3) is 0 Å². The molecule has 2 rings (SSSR count). The monoisotopic (exact) mass is 206 g/mol. The van der Waals surface area contributed by atoms with Gasteiger partial charge in [-0.1, -0.05) is 27.7 Å². The van der Waals surface area contributed by atoms with E-state index in [2.05, 4.69) is 43.0 Å². The number of hydrogen-bond acceptors (Lipinski definition) is 4. The Morgan fingerprint density at radius 2 is 1.60 bits per heavy atom. The topological polar surface area (TPSA) is 63.8 Å². The van der Waals surface area contributed by atoms with Gasteiger partial charge in [-0.3, -0.25) is 0 Å². The summed E-state index contributed by atoms with van der Waals surface area (Å²) in [6, 6.07) is 0.425. The fourth-order valence-electron chi connectivity index (χ4n) is 2.10. The Morgan fingerprint density at radius 1 is 1.13 bits per heavy atom. The normalized spacial score (nSPS) is 22.4. The Kier molecular flexibility index (Phi) is 1.93. The van der Waals surface area contributed by atoms with Gasteiger partial charge in [-0.25, -0.2) is 9.97 Å². The molecule has 1 aliphatic carbocycles. The molecule has 1 aromatic rings. The van der Waals surface area contributed by atoms with Crippen molar-refractivity contribution in [3.05, 3.63) is 12.4 Å². The number of nitrogens with zero attached hydrogens (tertiary/aromatic N) is 2. The summed E-state index contributed by atoms with van der Waals surface area (Å²) in [5.41, 5.74) is 6.70. The Morgan fingerprint density at radius 3 is 2.00 bits per heavy atom. The van der Waals surface area contributed by atoms with Gasteiger partial charge in [0.1, 0.15) is 0 Å². The fraction of sp³-hybridized carbons (Fsp3) is 0.636. The average Bonchev–Trinajstić information content (AvgIpc) is 2.52. The summed E-state index contributed by atoms with van der Waals surface area (Å²) in [7, 11) is 0. The molecule has 0 radical (unpaired) electrons. The minimum absolute atomic E-state index is 0.289. The SMILES string of the molecule is CC1(C)C(Nc2ncc(N)cn2)C1(C)C. The highest BCUT2D eigenvalue weighted by Gasteiger charge is 2.65. The van der Waals surface area contributed by atoms with Crippen LogP contribution >= 0.6 is 0 Å². The fourth-order valence-corrected chi connectivity index (χ4v) is 2.10. The molecule has 0 aliphatic heterocycles. The van der Waals surface area contributed by atoms with Crippen LogP contribution in [-0.2, 0) is 0 Å². The van der Waals surface area contributed by atoms with E-state index in [-0.39, 0.29) is 10.8 Å². The maximum Gasteiger partial charge on any atom is 0.222 e. The molecule has 1 aliphatic rings. The summed E-state index contributed by atoms with van der Waals surface area (Å²) < 4.78 is 0. The lowest BCUT2D eigenvalue weighted by Gasteiger charge is -2.05. The Hall–Kier alpha value is -1.32. The predicted octanol–water partition coefficient (Wildman–Crippen LogP) is 1.91. The van der Waals surface area contributed by atoms with Crippen molar-refractivity contribution in [3.63, 3.8) is 0 Å². The molecule has 1 saturated carbocycles. The third-order valence-corrected chi connectivity index (χ3v) is 3.97. The molecule has 1 aromatic heterocycles. The van der Waals surface area contributed by atoms with E-state index in [0.29, 0.717) is 17.7 Å². The molecule has 0 atom stereocenters. The summed E-state index contributed by atoms with van der Waals surface area (Å²) >= 11 is 0. The molecule has 1 heterocycles. The molecule has 0 bridgehead atoms. The van der Waals surface area contributed by atoms with Gasteiger partial charge in [0.25, 0.3) is 0 Å². The molecule has 3 N–H and O–H groups in total. The number of aromatic nitrogens is 2. The minimum atomic E-state index is 0.289. The molecular weight excluding hydrogens is 188 g/mol. The standard InChI is InChI=1S/C11H18N4/c1-10(2)8(11(10,3)4)15-9-13-5-7(12)6-14-9/h5-6,8H,12H2,1-4H3,(H,13,14,15). The Labute approximate surface area is 90.3 Å². The lowest BCUT2D eigenvalue weighted by atomic mass is 10.0. The van der Waals surface area contributed by atoms with E-state index in [1.54, 1.807) is 12.4 Å². The number of nitrogens with two attached hydrogens (primary N) is 1. The van der Waals surface area contributed by atoms with Gasteiger partial charge in [0.05, 0.1) is 18.1 Å². The molecular formula is C11H18N4. The van der Waals surface area contributed by atoms with Crippen molar-refractivity contribution in [2.45, 2.75) is 33.7 Å². The zero-order valence-corrected chi connectivity index (χ0v) is 9.70. The van der Waals surface area contributed by atoms with Crippen molar-refractivity contribution < 1.29 is 0 Å². The second-order valence-corrected chi connectivity index (χ2v) is 5.36. The zero-order chi connectivity index (χ0) is 11.3. The number of hydrogen-bond donors (Lipinski definition) is 2. The van der Waals surface area contributed by atoms with Gasteiger partial charge in [0.2, 0.25) is 5.95 Å². The van der Waals surface area contributed by atoms with Gasteiger partial charge in [0.15, 0.2) is 0 Å². The maximum atomic E-state index is 5.53. The van der Waals surface area contributed by atoms with Gasteiger partial charge < -0.3 is 11.1 Å². The first-order valence-electron chi connectivity index (χ1n) is 5.20. The van der Waals surface area contributed by atoms with Gasteiger partial charge in [-0.15, -0.1) is 0 Å². The number of rotatable bonds is 2. The van der Waals surface area contributed by atoms with Gasteiger partial charge >= 0.3 is 0 Å². The molecule has 0 unspecified atom stereocenters. The van der Waals surface area contributed by atoms with Crippen molar-refractivity contribution in [3.8, 4) is 0 Å². The zero-order valence-electron chi connectivity index (χ0n) is 9.70. The summed E-state index contributed by atoms with van der Waals surface area (Å²) in [6.45, 7) is 9.01. The van der Waals surface area contributed by atoms with Crippen LogP contribution in [0, 0.1) is 10.8 Å². The second-order valence-electron chi connectivity index (χ2n) is 5.36. The van der Waals surface area contributed by atoms with E-state index in [1.165, 1.54) is 0 Å².